The predicted molar refractivity (Wildman–Crippen MR) is 55.2 cm³/mol. The van der Waals surface area contributed by atoms with Crippen molar-refractivity contribution in [3.8, 4) is 0 Å². The van der Waals surface area contributed by atoms with Gasteiger partial charge in [0.25, 0.3) is 0 Å². The van der Waals surface area contributed by atoms with E-state index < -0.39 is 45.2 Å². The minimum atomic E-state index is -4.43. The first kappa shape index (κ1) is 14.5. The van der Waals surface area contributed by atoms with Crippen LogP contribution in [0.25, 0.3) is 0 Å². The van der Waals surface area contributed by atoms with Gasteiger partial charge >= 0.3 is 5.97 Å². The average Bonchev–Trinajstić information content (AvgIpc) is 2.24. The van der Waals surface area contributed by atoms with E-state index in [0.29, 0.717) is 18.2 Å². The number of hydrogen-bond acceptors (Lipinski definition) is 4. The lowest BCUT2D eigenvalue weighted by Crippen LogP contribution is -2.43. The molecule has 0 fully saturated rings. The van der Waals surface area contributed by atoms with E-state index in [1.165, 1.54) is 0 Å². The summed E-state index contributed by atoms with van der Waals surface area (Å²) < 4.78 is 50.5. The molecule has 6 nitrogen and oxygen atoms in total. The molecule has 0 aliphatic heterocycles. The number of carbonyl (C=O) groups is 1. The van der Waals surface area contributed by atoms with E-state index in [2.05, 4.69) is 0 Å². The fraction of sp³-hybridized carbons (Fsp3) is 0.222. The minimum absolute atomic E-state index is 0.472. The monoisotopic (exact) mass is 281 g/mol. The van der Waals surface area contributed by atoms with Crippen LogP contribution < -0.4 is 4.72 Å². The summed E-state index contributed by atoms with van der Waals surface area (Å²) in [6.45, 7) is -0.994. The Hall–Kier alpha value is -1.58. The topological polar surface area (TPSA) is 104 Å². The molecule has 0 bridgehead atoms. The highest BCUT2D eigenvalue weighted by molar-refractivity contribution is 7.89. The van der Waals surface area contributed by atoms with Crippen molar-refractivity contribution in [2.75, 3.05) is 6.61 Å². The molecule has 0 aliphatic rings. The Labute approximate surface area is 101 Å². The highest BCUT2D eigenvalue weighted by Crippen LogP contribution is 2.13. The lowest BCUT2D eigenvalue weighted by molar-refractivity contribution is -0.139. The standard InChI is InChI=1S/C9H9F2NO5S/c10-5-1-6(11)3-7(2-5)18(16,17)12-8(4-13)9(14)15/h1-3,8,12-13H,4H2,(H,14,15). The molecule has 1 aromatic rings. The number of halogens is 2. The lowest BCUT2D eigenvalue weighted by atomic mass is 10.3. The second kappa shape index (κ2) is 5.38. The highest BCUT2D eigenvalue weighted by Gasteiger charge is 2.25. The fourth-order valence-electron chi connectivity index (χ4n) is 1.10. The van der Waals surface area contributed by atoms with Crippen LogP contribution in [0, 0.1) is 11.6 Å². The number of rotatable bonds is 5. The maximum absolute atomic E-state index is 12.8. The van der Waals surface area contributed by atoms with Crippen molar-refractivity contribution in [2.45, 2.75) is 10.9 Å². The summed E-state index contributed by atoms with van der Waals surface area (Å²) in [5, 5.41) is 17.2. The van der Waals surface area contributed by atoms with Gasteiger partial charge in [-0.15, -0.1) is 0 Å². The van der Waals surface area contributed by atoms with Crippen LogP contribution in [0.3, 0.4) is 0 Å². The normalized spacial score (nSPS) is 13.3. The number of aliphatic hydroxyl groups is 1. The minimum Gasteiger partial charge on any atom is -0.480 e. The first-order valence-corrected chi connectivity index (χ1v) is 6.06. The van der Waals surface area contributed by atoms with Gasteiger partial charge in [0, 0.05) is 6.07 Å². The van der Waals surface area contributed by atoms with Crippen LogP contribution >= 0.6 is 0 Å². The number of carboxylic acid groups (broad SMARTS) is 1. The molecule has 1 atom stereocenters. The maximum Gasteiger partial charge on any atom is 0.324 e. The van der Waals surface area contributed by atoms with Gasteiger partial charge in [-0.1, -0.05) is 0 Å². The lowest BCUT2D eigenvalue weighted by Gasteiger charge is -2.12. The molecule has 0 heterocycles. The van der Waals surface area contributed by atoms with Crippen molar-refractivity contribution in [1.29, 1.82) is 0 Å². The Morgan fingerprint density at radius 1 is 1.28 bits per heavy atom. The molecular weight excluding hydrogens is 272 g/mol. The molecule has 0 aromatic heterocycles. The molecule has 0 saturated carbocycles. The zero-order valence-electron chi connectivity index (χ0n) is 8.80. The summed E-state index contributed by atoms with van der Waals surface area (Å²) in [5.74, 6) is -3.85. The van der Waals surface area contributed by atoms with Gasteiger partial charge in [0.1, 0.15) is 17.7 Å². The number of hydrogen-bond donors (Lipinski definition) is 3. The smallest absolute Gasteiger partial charge is 0.324 e. The van der Waals surface area contributed by atoms with Gasteiger partial charge in [-0.3, -0.25) is 4.79 Å². The molecule has 3 N–H and O–H groups in total. The van der Waals surface area contributed by atoms with Crippen LogP contribution in [-0.2, 0) is 14.8 Å². The largest absolute Gasteiger partial charge is 0.480 e. The number of aliphatic carboxylic acids is 1. The summed E-state index contributed by atoms with van der Waals surface area (Å²) in [6.07, 6.45) is 0. The van der Waals surface area contributed by atoms with Gasteiger partial charge in [-0.05, 0) is 12.1 Å². The molecule has 1 unspecified atom stereocenters. The summed E-state index contributed by atoms with van der Waals surface area (Å²) >= 11 is 0. The molecule has 9 heteroatoms. The zero-order chi connectivity index (χ0) is 13.9. The summed E-state index contributed by atoms with van der Waals surface area (Å²) in [7, 11) is -4.43. The molecule has 0 saturated heterocycles. The van der Waals surface area contributed by atoms with Crippen LogP contribution in [0.1, 0.15) is 0 Å². The van der Waals surface area contributed by atoms with E-state index in [-0.39, 0.29) is 0 Å². The highest BCUT2D eigenvalue weighted by atomic mass is 32.2. The number of aliphatic hydroxyl groups excluding tert-OH is 1. The van der Waals surface area contributed by atoms with E-state index >= 15 is 0 Å². The van der Waals surface area contributed by atoms with E-state index in [1.807, 2.05) is 0 Å². The van der Waals surface area contributed by atoms with Crippen LogP contribution in [0.15, 0.2) is 23.1 Å². The molecule has 0 spiro atoms. The second-order valence-corrected chi connectivity index (χ2v) is 5.01. The van der Waals surface area contributed by atoms with Gasteiger partial charge < -0.3 is 10.2 Å². The van der Waals surface area contributed by atoms with E-state index in [4.69, 9.17) is 10.2 Å². The molecule has 0 radical (unpaired) electrons. The molecule has 0 aliphatic carbocycles. The third-order valence-corrected chi connectivity index (χ3v) is 3.38. The number of nitrogens with one attached hydrogen (secondary N) is 1. The molecule has 18 heavy (non-hydrogen) atoms. The van der Waals surface area contributed by atoms with Gasteiger partial charge in [0.15, 0.2) is 0 Å². The Bertz CT molecular complexity index is 540. The van der Waals surface area contributed by atoms with Crippen molar-refractivity contribution in [3.05, 3.63) is 29.8 Å². The van der Waals surface area contributed by atoms with Crippen molar-refractivity contribution < 1.29 is 32.2 Å². The Morgan fingerprint density at radius 3 is 2.17 bits per heavy atom. The van der Waals surface area contributed by atoms with Gasteiger partial charge in [0.05, 0.1) is 11.5 Å². The van der Waals surface area contributed by atoms with Crippen molar-refractivity contribution >= 4 is 16.0 Å². The molecule has 100 valence electrons. The molecule has 0 amide bonds. The number of benzene rings is 1. The van der Waals surface area contributed by atoms with E-state index in [9.17, 15) is 22.0 Å². The van der Waals surface area contributed by atoms with Crippen LogP contribution in [0.4, 0.5) is 8.78 Å². The second-order valence-electron chi connectivity index (χ2n) is 3.30. The number of carboxylic acids is 1. The van der Waals surface area contributed by atoms with Gasteiger partial charge in [0.2, 0.25) is 10.0 Å². The SMILES string of the molecule is O=C(O)C(CO)NS(=O)(=O)c1cc(F)cc(F)c1. The zero-order valence-corrected chi connectivity index (χ0v) is 9.62. The average molecular weight is 281 g/mol. The predicted octanol–water partition coefficient (Wildman–Crippen LogP) is -0.311. The summed E-state index contributed by atoms with van der Waals surface area (Å²) in [5.41, 5.74) is 0. The first-order chi connectivity index (χ1) is 8.26. The molecular formula is C9H9F2NO5S. The molecule has 1 aromatic carbocycles. The number of sulfonamides is 1. The summed E-state index contributed by atoms with van der Waals surface area (Å²) in [4.78, 5) is 9.77. The third-order valence-electron chi connectivity index (χ3n) is 1.92. The van der Waals surface area contributed by atoms with Crippen LogP contribution in [0.2, 0.25) is 0 Å². The van der Waals surface area contributed by atoms with Gasteiger partial charge in [-0.25, -0.2) is 17.2 Å². The van der Waals surface area contributed by atoms with Crippen molar-refractivity contribution in [2.24, 2.45) is 0 Å². The van der Waals surface area contributed by atoms with Gasteiger partial charge in [-0.2, -0.15) is 4.72 Å². The Balaban J connectivity index is 3.10. The Kier molecular flexibility index (Phi) is 4.33. The fourth-order valence-corrected chi connectivity index (χ4v) is 2.33. The van der Waals surface area contributed by atoms with E-state index in [1.54, 1.807) is 4.72 Å². The van der Waals surface area contributed by atoms with Crippen molar-refractivity contribution in [1.82, 2.24) is 4.72 Å². The van der Waals surface area contributed by atoms with Crippen LogP contribution in [-0.4, -0.2) is 37.2 Å². The quantitative estimate of drug-likeness (QED) is 0.686. The van der Waals surface area contributed by atoms with E-state index in [0.717, 1.165) is 0 Å². The Morgan fingerprint density at radius 2 is 1.78 bits per heavy atom. The van der Waals surface area contributed by atoms with Crippen molar-refractivity contribution in [3.63, 3.8) is 0 Å². The molecule has 1 rings (SSSR count). The summed E-state index contributed by atoms with van der Waals surface area (Å²) in [6, 6.07) is -0.260. The third kappa shape index (κ3) is 3.45. The maximum atomic E-state index is 12.8. The van der Waals surface area contributed by atoms with Crippen LogP contribution in [0.5, 0.6) is 0 Å². The first-order valence-electron chi connectivity index (χ1n) is 4.58.